The monoisotopic (exact) mass is 301 g/mol. The molecule has 1 rings (SSSR count). The van der Waals surface area contributed by atoms with E-state index in [4.69, 9.17) is 9.26 Å². The average Bonchev–Trinajstić information content (AvgIpc) is 2.37. The maximum absolute atomic E-state index is 11.4. The number of hydrogen-bond donors (Lipinski definition) is 0. The Bertz CT molecular complexity index is 523. The summed E-state index contributed by atoms with van der Waals surface area (Å²) in [5.41, 5.74) is 0.557. The molecule has 0 saturated carbocycles. The van der Waals surface area contributed by atoms with Crippen LogP contribution in [0.5, 0.6) is 5.75 Å². The largest absolute Gasteiger partial charge is 0.778 e. The lowest BCUT2D eigenvalue weighted by Gasteiger charge is -2.21. The zero-order valence-corrected chi connectivity index (χ0v) is 11.9. The Hall–Kier alpha value is -1.69. The number of hydrogen-bond acceptors (Lipinski definition) is 7. The Morgan fingerprint density at radius 3 is 2.35 bits per heavy atom. The van der Waals surface area contributed by atoms with Gasteiger partial charge in [-0.1, -0.05) is 12.1 Å². The molecule has 1 aromatic carbocycles. The second-order valence-electron chi connectivity index (χ2n) is 3.86. The van der Waals surface area contributed by atoms with Crippen molar-refractivity contribution in [3.05, 3.63) is 29.8 Å². The fourth-order valence-corrected chi connectivity index (χ4v) is 2.14. The highest BCUT2D eigenvalue weighted by atomic mass is 31.2. The average molecular weight is 301 g/mol. The number of methoxy groups -OCH3 is 1. The molecule has 0 aromatic heterocycles. The molecule has 8 heteroatoms. The Balaban J connectivity index is 2.55. The maximum Gasteiger partial charge on any atom is 0.314 e. The van der Waals surface area contributed by atoms with Crippen LogP contribution in [0.2, 0.25) is 0 Å². The van der Waals surface area contributed by atoms with Crippen molar-refractivity contribution >= 4 is 19.5 Å². The van der Waals surface area contributed by atoms with Crippen LogP contribution in [0.3, 0.4) is 0 Å². The molecule has 1 unspecified atom stereocenters. The molecule has 0 N–H and O–H groups in total. The van der Waals surface area contributed by atoms with Gasteiger partial charge in [0.25, 0.3) is 0 Å². The first kappa shape index (κ1) is 16.4. The van der Waals surface area contributed by atoms with Crippen molar-refractivity contribution in [2.45, 2.75) is 13.5 Å². The fourth-order valence-electron chi connectivity index (χ4n) is 1.26. The molecule has 0 bridgehead atoms. The van der Waals surface area contributed by atoms with E-state index in [-0.39, 0.29) is 6.61 Å². The Kier molecular flexibility index (Phi) is 5.88. The topological polar surface area (TPSA) is 102 Å². The number of carbonyl (C=O) groups is 2. The van der Waals surface area contributed by atoms with Crippen LogP contribution in [0, 0.1) is 0 Å². The highest BCUT2D eigenvalue weighted by Gasteiger charge is 2.15. The van der Waals surface area contributed by atoms with Gasteiger partial charge in [0.2, 0.25) is 0 Å². The van der Waals surface area contributed by atoms with Crippen LogP contribution in [0.15, 0.2) is 24.3 Å². The minimum atomic E-state index is -4.27. The quantitative estimate of drug-likeness (QED) is 0.436. The van der Waals surface area contributed by atoms with E-state index in [1.165, 1.54) is 19.1 Å². The van der Waals surface area contributed by atoms with E-state index >= 15 is 0 Å². The molecule has 0 radical (unpaired) electrons. The van der Waals surface area contributed by atoms with Gasteiger partial charge in [-0.3, -0.25) is 9.59 Å². The van der Waals surface area contributed by atoms with Gasteiger partial charge in [0, 0.05) is 6.92 Å². The number of carbonyl (C=O) groups excluding carboxylic acids is 2. The molecule has 0 aliphatic heterocycles. The van der Waals surface area contributed by atoms with Gasteiger partial charge in [0.15, 0.2) is 0 Å². The minimum absolute atomic E-state index is 0.210. The van der Waals surface area contributed by atoms with Crippen molar-refractivity contribution in [1.29, 1.82) is 0 Å². The molecule has 0 heterocycles. The molecule has 0 saturated heterocycles. The van der Waals surface area contributed by atoms with Crippen molar-refractivity contribution in [3.8, 4) is 5.75 Å². The summed E-state index contributed by atoms with van der Waals surface area (Å²) in [5.74, 6) is -0.981. The van der Waals surface area contributed by atoms with Crippen molar-refractivity contribution in [2.75, 3.05) is 13.3 Å². The summed E-state index contributed by atoms with van der Waals surface area (Å²) in [6.45, 7) is 1.07. The second kappa shape index (κ2) is 7.19. The minimum Gasteiger partial charge on any atom is -0.778 e. The third-order valence-electron chi connectivity index (χ3n) is 2.16. The maximum atomic E-state index is 11.4. The van der Waals surface area contributed by atoms with Gasteiger partial charge in [-0.2, -0.15) is 0 Å². The van der Waals surface area contributed by atoms with Crippen LogP contribution in [0.4, 0.5) is 0 Å². The van der Waals surface area contributed by atoms with E-state index in [1.807, 2.05) is 0 Å². The Morgan fingerprint density at radius 1 is 1.25 bits per heavy atom. The van der Waals surface area contributed by atoms with Crippen molar-refractivity contribution in [1.82, 2.24) is 0 Å². The van der Waals surface area contributed by atoms with Gasteiger partial charge in [-0.25, -0.2) is 0 Å². The second-order valence-corrected chi connectivity index (χ2v) is 5.65. The number of rotatable bonds is 6. The summed E-state index contributed by atoms with van der Waals surface area (Å²) >= 11 is 0. The summed E-state index contributed by atoms with van der Waals surface area (Å²) in [4.78, 5) is 33.0. The molecule has 1 atom stereocenters. The van der Waals surface area contributed by atoms with Gasteiger partial charge in [-0.05, 0) is 17.7 Å². The van der Waals surface area contributed by atoms with Gasteiger partial charge in [0.05, 0.1) is 13.7 Å². The summed E-state index contributed by atoms with van der Waals surface area (Å²) in [7, 11) is -3.18. The zero-order valence-electron chi connectivity index (χ0n) is 11.0. The predicted molar refractivity (Wildman–Crippen MR) is 67.0 cm³/mol. The van der Waals surface area contributed by atoms with E-state index in [0.717, 1.165) is 7.11 Å². The van der Waals surface area contributed by atoms with E-state index in [0.29, 0.717) is 11.3 Å². The van der Waals surface area contributed by atoms with Gasteiger partial charge < -0.3 is 23.5 Å². The van der Waals surface area contributed by atoms with Gasteiger partial charge in [-0.15, -0.1) is 0 Å². The summed E-state index contributed by atoms with van der Waals surface area (Å²) < 4.78 is 25.2. The van der Waals surface area contributed by atoms with E-state index < -0.39 is 25.7 Å². The number of benzene rings is 1. The summed E-state index contributed by atoms with van der Waals surface area (Å²) in [5, 5.41) is 0. The van der Waals surface area contributed by atoms with Gasteiger partial charge in [0.1, 0.15) is 19.5 Å². The molecule has 0 aliphatic rings. The van der Waals surface area contributed by atoms with Crippen LogP contribution in [0.1, 0.15) is 12.5 Å². The molecule has 20 heavy (non-hydrogen) atoms. The fraction of sp³-hybridized carbons (Fsp3) is 0.333. The molecule has 0 amide bonds. The van der Waals surface area contributed by atoms with Crippen LogP contribution in [-0.2, 0) is 30.0 Å². The van der Waals surface area contributed by atoms with Crippen molar-refractivity contribution in [2.24, 2.45) is 0 Å². The SMILES string of the molecule is COC(=O)CP(=O)([O-])OCc1ccc(OC(C)=O)cc1. The van der Waals surface area contributed by atoms with Crippen molar-refractivity contribution < 1.29 is 33.0 Å². The standard InChI is InChI=1S/C12H15O7P/c1-9(13)19-11-5-3-10(4-6-11)7-18-20(15,16)8-12(14)17-2/h3-6H,7-8H2,1-2H3,(H,15,16)/p-1. The van der Waals surface area contributed by atoms with Crippen LogP contribution < -0.4 is 9.63 Å². The Labute approximate surface area is 116 Å². The number of ether oxygens (including phenoxy) is 2. The van der Waals surface area contributed by atoms with E-state index in [1.54, 1.807) is 12.1 Å². The van der Waals surface area contributed by atoms with Crippen LogP contribution >= 0.6 is 7.60 Å². The number of esters is 2. The highest BCUT2D eigenvalue weighted by molar-refractivity contribution is 7.52. The molecule has 0 aliphatic carbocycles. The highest BCUT2D eigenvalue weighted by Crippen LogP contribution is 2.37. The van der Waals surface area contributed by atoms with Crippen LogP contribution in [-0.4, -0.2) is 25.2 Å². The molecule has 1 aromatic rings. The molecule has 110 valence electrons. The molecule has 0 spiro atoms. The third-order valence-corrected chi connectivity index (χ3v) is 3.33. The molecule has 7 nitrogen and oxygen atoms in total. The smallest absolute Gasteiger partial charge is 0.314 e. The van der Waals surface area contributed by atoms with Crippen molar-refractivity contribution in [3.63, 3.8) is 0 Å². The molecule has 0 fully saturated rings. The lowest BCUT2D eigenvalue weighted by atomic mass is 10.2. The third kappa shape index (κ3) is 5.97. The Morgan fingerprint density at radius 2 is 1.85 bits per heavy atom. The van der Waals surface area contributed by atoms with E-state index in [2.05, 4.69) is 4.74 Å². The predicted octanol–water partition coefficient (Wildman–Crippen LogP) is 0.855. The normalized spacial score (nSPS) is 13.3. The van der Waals surface area contributed by atoms with Crippen LogP contribution in [0.25, 0.3) is 0 Å². The van der Waals surface area contributed by atoms with Gasteiger partial charge >= 0.3 is 11.9 Å². The molecular formula is C12H14O7P-. The first-order chi connectivity index (χ1) is 9.32. The first-order valence-electron chi connectivity index (χ1n) is 5.61. The first-order valence-corrected chi connectivity index (χ1v) is 7.34. The molecular weight excluding hydrogens is 287 g/mol. The summed E-state index contributed by atoms with van der Waals surface area (Å²) in [6, 6.07) is 6.12. The zero-order chi connectivity index (χ0) is 15.2. The summed E-state index contributed by atoms with van der Waals surface area (Å²) in [6.07, 6.45) is -0.810. The van der Waals surface area contributed by atoms with E-state index in [9.17, 15) is 19.0 Å². The lowest BCUT2D eigenvalue weighted by molar-refractivity contribution is -0.200. The lowest BCUT2D eigenvalue weighted by Crippen LogP contribution is -2.16.